The van der Waals surface area contributed by atoms with E-state index in [1.807, 2.05) is 35.4 Å². The number of nitrogens with zero attached hydrogens (tertiary/aromatic N) is 2. The molecule has 2 atom stereocenters. The number of rotatable bonds is 7. The molecule has 1 saturated carbocycles. The van der Waals surface area contributed by atoms with Gasteiger partial charge >= 0.3 is 0 Å². The second-order valence-corrected chi connectivity index (χ2v) is 11.1. The van der Waals surface area contributed by atoms with Crippen LogP contribution in [0.5, 0.6) is 0 Å². The van der Waals surface area contributed by atoms with Crippen molar-refractivity contribution in [3.63, 3.8) is 0 Å². The Morgan fingerprint density at radius 3 is 2.53 bits per heavy atom. The van der Waals surface area contributed by atoms with Gasteiger partial charge in [-0.15, -0.1) is 0 Å². The van der Waals surface area contributed by atoms with Gasteiger partial charge in [0.15, 0.2) is 5.78 Å². The van der Waals surface area contributed by atoms with Crippen molar-refractivity contribution in [1.29, 1.82) is 0 Å². The Balaban J connectivity index is 1.34. The summed E-state index contributed by atoms with van der Waals surface area (Å²) in [5, 5.41) is 4.22. The molecule has 1 aliphatic carbocycles. The number of aromatic nitrogens is 1. The predicted molar refractivity (Wildman–Crippen MR) is 140 cm³/mol. The van der Waals surface area contributed by atoms with Crippen LogP contribution in [0.3, 0.4) is 0 Å². The quantitative estimate of drug-likeness (QED) is 0.602. The number of nitrogens with one attached hydrogen (secondary N) is 2. The highest BCUT2D eigenvalue weighted by Crippen LogP contribution is 2.39. The zero-order valence-corrected chi connectivity index (χ0v) is 21.7. The highest BCUT2D eigenvalue weighted by atomic mass is 16.2. The maximum atomic E-state index is 13.7. The van der Waals surface area contributed by atoms with Crippen LogP contribution in [0.25, 0.3) is 10.9 Å². The average molecular weight is 493 g/mol. The third-order valence-electron chi connectivity index (χ3n) is 8.84. The smallest absolute Gasteiger partial charge is 0.246 e. The molecule has 3 heterocycles. The van der Waals surface area contributed by atoms with Crippen molar-refractivity contribution in [3.05, 3.63) is 36.0 Å². The van der Waals surface area contributed by atoms with Crippen molar-refractivity contribution in [2.24, 2.45) is 5.92 Å². The number of carbonyl (C=O) groups excluding carboxylic acids is 3. The lowest BCUT2D eigenvalue weighted by atomic mass is 9.78. The summed E-state index contributed by atoms with van der Waals surface area (Å²) in [4.78, 5) is 47.6. The summed E-state index contributed by atoms with van der Waals surface area (Å²) >= 11 is 0. The Kier molecular flexibility index (Phi) is 7.20. The molecule has 2 N–H and O–H groups in total. The van der Waals surface area contributed by atoms with Gasteiger partial charge in [-0.2, -0.15) is 0 Å². The fourth-order valence-electron chi connectivity index (χ4n) is 6.98. The summed E-state index contributed by atoms with van der Waals surface area (Å²) < 4.78 is 0. The molecule has 0 bridgehead atoms. The standard InChI is InChI=1S/C29H40N4O3/c1-3-15-33-27(35)25(18-21-9-5-4-6-10-21)31-28(36)29(33)13-16-32(17-14-29)26(20(2)34)23-19-30-24-12-8-7-11-22(23)24/h7-8,11-12,19,21,25-26,30H,3-6,9-10,13-18H2,1-2H3,(H,31,36). The molecule has 2 aliphatic heterocycles. The van der Waals surface area contributed by atoms with Gasteiger partial charge in [0.25, 0.3) is 0 Å². The van der Waals surface area contributed by atoms with Crippen molar-refractivity contribution in [1.82, 2.24) is 20.1 Å². The van der Waals surface area contributed by atoms with Crippen molar-refractivity contribution in [2.45, 2.75) is 89.3 Å². The van der Waals surface area contributed by atoms with E-state index in [1.165, 1.54) is 19.3 Å². The van der Waals surface area contributed by atoms with Gasteiger partial charge in [0.2, 0.25) is 11.8 Å². The monoisotopic (exact) mass is 492 g/mol. The molecule has 2 amide bonds. The van der Waals surface area contributed by atoms with E-state index in [0.717, 1.165) is 42.1 Å². The number of amides is 2. The molecule has 7 nitrogen and oxygen atoms in total. The summed E-state index contributed by atoms with van der Waals surface area (Å²) in [6.45, 7) is 5.51. The lowest BCUT2D eigenvalue weighted by molar-refractivity contribution is -0.162. The Bertz CT molecular complexity index is 1110. The number of aromatic amines is 1. The molecule has 2 aromatic rings. The maximum absolute atomic E-state index is 13.7. The minimum atomic E-state index is -0.811. The minimum absolute atomic E-state index is 0.00230. The first kappa shape index (κ1) is 25.0. The number of Topliss-reactive ketones (excluding diaryl/α,β-unsaturated/α-hetero) is 1. The first-order chi connectivity index (χ1) is 17.4. The average Bonchev–Trinajstić information content (AvgIpc) is 3.30. The Morgan fingerprint density at radius 2 is 1.83 bits per heavy atom. The van der Waals surface area contributed by atoms with E-state index in [-0.39, 0.29) is 23.6 Å². The Hall–Kier alpha value is -2.67. The first-order valence-corrected chi connectivity index (χ1v) is 13.9. The zero-order chi connectivity index (χ0) is 25.3. The van der Waals surface area contributed by atoms with Crippen LogP contribution in [-0.2, 0) is 14.4 Å². The molecule has 5 rings (SSSR count). The van der Waals surface area contributed by atoms with Crippen LogP contribution in [0.1, 0.15) is 83.2 Å². The van der Waals surface area contributed by atoms with E-state index < -0.39 is 11.6 Å². The molecule has 3 aliphatic rings. The third kappa shape index (κ3) is 4.47. The van der Waals surface area contributed by atoms with Crippen LogP contribution in [0.4, 0.5) is 0 Å². The number of piperazine rings is 1. The maximum Gasteiger partial charge on any atom is 0.246 e. The predicted octanol–water partition coefficient (Wildman–Crippen LogP) is 4.34. The van der Waals surface area contributed by atoms with Gasteiger partial charge in [-0.1, -0.05) is 57.2 Å². The molecule has 2 saturated heterocycles. The van der Waals surface area contributed by atoms with E-state index in [4.69, 9.17) is 0 Å². The minimum Gasteiger partial charge on any atom is -0.361 e. The van der Waals surface area contributed by atoms with Crippen LogP contribution in [-0.4, -0.2) is 63.6 Å². The van der Waals surface area contributed by atoms with Crippen molar-refractivity contribution in [3.8, 4) is 0 Å². The van der Waals surface area contributed by atoms with E-state index in [1.54, 1.807) is 6.92 Å². The summed E-state index contributed by atoms with van der Waals surface area (Å²) in [6, 6.07) is 7.29. The number of hydrogen-bond acceptors (Lipinski definition) is 4. The summed E-state index contributed by atoms with van der Waals surface area (Å²) in [7, 11) is 0. The molecule has 1 spiro atoms. The van der Waals surface area contributed by atoms with Crippen LogP contribution in [0, 0.1) is 5.92 Å². The van der Waals surface area contributed by atoms with Gasteiger partial charge in [0, 0.05) is 42.3 Å². The number of H-pyrrole nitrogens is 1. The van der Waals surface area contributed by atoms with Gasteiger partial charge in [-0.05, 0) is 44.6 Å². The number of likely N-dealkylation sites (tertiary alicyclic amines) is 1. The zero-order valence-electron chi connectivity index (χ0n) is 21.7. The van der Waals surface area contributed by atoms with E-state index in [9.17, 15) is 14.4 Å². The van der Waals surface area contributed by atoms with Gasteiger partial charge in [0.1, 0.15) is 11.6 Å². The van der Waals surface area contributed by atoms with Crippen LogP contribution in [0.15, 0.2) is 30.5 Å². The fourth-order valence-corrected chi connectivity index (χ4v) is 6.98. The van der Waals surface area contributed by atoms with Crippen molar-refractivity contribution < 1.29 is 14.4 Å². The Labute approximate surface area is 214 Å². The lowest BCUT2D eigenvalue weighted by Crippen LogP contribution is -2.73. The number of fused-ring (bicyclic) bond motifs is 1. The van der Waals surface area contributed by atoms with Crippen LogP contribution in [0.2, 0.25) is 0 Å². The van der Waals surface area contributed by atoms with Gasteiger partial charge < -0.3 is 15.2 Å². The number of benzene rings is 1. The highest BCUT2D eigenvalue weighted by molar-refractivity contribution is 6.00. The molecule has 2 unspecified atom stereocenters. The summed E-state index contributed by atoms with van der Waals surface area (Å²) in [6.07, 6.45) is 10.7. The van der Waals surface area contributed by atoms with Gasteiger partial charge in [-0.25, -0.2) is 0 Å². The third-order valence-corrected chi connectivity index (χ3v) is 8.84. The van der Waals surface area contributed by atoms with Crippen LogP contribution < -0.4 is 5.32 Å². The molecular formula is C29H40N4O3. The highest BCUT2D eigenvalue weighted by Gasteiger charge is 2.54. The molecule has 7 heteroatoms. The topological polar surface area (TPSA) is 85.5 Å². The largest absolute Gasteiger partial charge is 0.361 e. The molecule has 1 aromatic carbocycles. The summed E-state index contributed by atoms with van der Waals surface area (Å²) in [5.41, 5.74) is 1.19. The fraction of sp³-hybridized carbons (Fsp3) is 0.621. The molecular weight excluding hydrogens is 452 g/mol. The second-order valence-electron chi connectivity index (χ2n) is 11.1. The first-order valence-electron chi connectivity index (χ1n) is 13.9. The number of piperidine rings is 1. The number of hydrogen-bond donors (Lipinski definition) is 2. The molecule has 0 radical (unpaired) electrons. The lowest BCUT2D eigenvalue weighted by Gasteiger charge is -2.52. The van der Waals surface area contributed by atoms with E-state index in [2.05, 4.69) is 22.1 Å². The molecule has 36 heavy (non-hydrogen) atoms. The number of para-hydroxylation sites is 1. The molecule has 1 aromatic heterocycles. The number of ketones is 1. The second kappa shape index (κ2) is 10.4. The van der Waals surface area contributed by atoms with Crippen molar-refractivity contribution in [2.75, 3.05) is 19.6 Å². The van der Waals surface area contributed by atoms with Gasteiger partial charge in [0.05, 0.1) is 6.04 Å². The SMILES string of the molecule is CCCN1C(=O)C(CC2CCCCC2)NC(=O)C12CCN(C(C(C)=O)c1c[nH]c3ccccc13)CC2. The van der Waals surface area contributed by atoms with Gasteiger partial charge in [-0.3, -0.25) is 19.3 Å². The molecule has 194 valence electrons. The normalized spacial score (nSPS) is 24.3. The summed E-state index contributed by atoms with van der Waals surface area (Å²) in [5.74, 6) is 0.718. The Morgan fingerprint density at radius 1 is 1.11 bits per heavy atom. The molecule has 3 fully saturated rings. The van der Waals surface area contributed by atoms with Crippen LogP contribution >= 0.6 is 0 Å². The van der Waals surface area contributed by atoms with E-state index >= 15 is 0 Å². The van der Waals surface area contributed by atoms with E-state index in [0.29, 0.717) is 38.4 Å². The number of carbonyl (C=O) groups is 3. The van der Waals surface area contributed by atoms with Crippen molar-refractivity contribution >= 4 is 28.5 Å².